The highest BCUT2D eigenvalue weighted by Crippen LogP contribution is 2.52. The molecule has 2 heterocycles. The number of cyclic esters (lactones) is 1. The topological polar surface area (TPSA) is 65.7 Å². The summed E-state index contributed by atoms with van der Waals surface area (Å²) in [5, 5.41) is 0.955. The third-order valence-electron chi connectivity index (χ3n) is 9.50. The molecular weight excluding hydrogens is 536 g/mol. The number of carbonyl (C=O) groups excluding carboxylic acids is 2. The molecule has 3 unspecified atom stereocenters. The molecule has 5 nitrogen and oxygen atoms in total. The summed E-state index contributed by atoms with van der Waals surface area (Å²) in [6.45, 7) is 6.93. The first kappa shape index (κ1) is 29.3. The number of rotatable bonds is 7. The first-order valence-electron chi connectivity index (χ1n) is 15.9. The Balaban J connectivity index is 0.962. The van der Waals surface area contributed by atoms with Crippen molar-refractivity contribution in [1.29, 1.82) is 0 Å². The average Bonchev–Trinajstić information content (AvgIpc) is 3.54. The van der Waals surface area contributed by atoms with Crippen LogP contribution >= 0.6 is 0 Å². The molecule has 1 saturated heterocycles. The molecule has 1 aliphatic heterocycles. The van der Waals surface area contributed by atoms with Gasteiger partial charge in [-0.1, -0.05) is 49.5 Å². The van der Waals surface area contributed by atoms with Crippen LogP contribution in [0.5, 0.6) is 0 Å². The molecule has 3 aliphatic rings. The average molecular weight is 579 g/mol. The molecule has 0 N–H and O–H groups in total. The number of benzene rings is 2. The smallest absolute Gasteiger partial charge is 0.334 e. The molecule has 224 valence electrons. The summed E-state index contributed by atoms with van der Waals surface area (Å²) in [7, 11) is 0. The SMILES string of the molecule is Cc1ccc(C#Cc2ccc3oc(CCC(=O)OCC4C/C(=C\CC5(C)CC6CC(C)CC(C6)C5)C(=O)O4)cc3c2)cc1. The Kier molecular flexibility index (Phi) is 8.48. The molecular formula is C38H42O5. The van der Waals surface area contributed by atoms with Crippen molar-refractivity contribution in [3.8, 4) is 11.8 Å². The van der Waals surface area contributed by atoms with Crippen LogP contribution in [0.15, 0.2) is 64.6 Å². The molecule has 1 aromatic heterocycles. The molecule has 2 bridgehead atoms. The maximum atomic E-state index is 12.5. The number of carbonyl (C=O) groups is 2. The van der Waals surface area contributed by atoms with E-state index < -0.39 is 6.10 Å². The van der Waals surface area contributed by atoms with Crippen LogP contribution < -0.4 is 0 Å². The van der Waals surface area contributed by atoms with Crippen molar-refractivity contribution in [2.45, 2.75) is 84.7 Å². The highest BCUT2D eigenvalue weighted by atomic mass is 16.6. The molecule has 3 atom stereocenters. The van der Waals surface area contributed by atoms with Crippen LogP contribution in [0, 0.1) is 41.9 Å². The van der Waals surface area contributed by atoms with Gasteiger partial charge in [0.1, 0.15) is 24.1 Å². The van der Waals surface area contributed by atoms with Crippen LogP contribution in [0.2, 0.25) is 0 Å². The fraction of sp³-hybridized carbons (Fsp3) is 0.474. The van der Waals surface area contributed by atoms with Gasteiger partial charge < -0.3 is 13.9 Å². The summed E-state index contributed by atoms with van der Waals surface area (Å²) in [4.78, 5) is 25.0. The molecule has 3 fully saturated rings. The van der Waals surface area contributed by atoms with Crippen LogP contribution in [0.25, 0.3) is 11.0 Å². The van der Waals surface area contributed by atoms with Crippen LogP contribution in [0.4, 0.5) is 0 Å². The third kappa shape index (κ3) is 7.42. The fourth-order valence-electron chi connectivity index (χ4n) is 7.67. The number of esters is 2. The van der Waals surface area contributed by atoms with Crippen molar-refractivity contribution in [3.63, 3.8) is 0 Å². The van der Waals surface area contributed by atoms with E-state index in [0.29, 0.717) is 12.8 Å². The number of ether oxygens (including phenoxy) is 2. The second-order valence-corrected chi connectivity index (χ2v) is 13.7. The molecule has 5 heteroatoms. The van der Waals surface area contributed by atoms with Gasteiger partial charge in [0.05, 0.1) is 6.42 Å². The van der Waals surface area contributed by atoms with Crippen molar-refractivity contribution in [3.05, 3.63) is 82.6 Å². The second kappa shape index (κ2) is 12.4. The molecule has 0 radical (unpaired) electrons. The molecule has 2 saturated carbocycles. The lowest BCUT2D eigenvalue weighted by Crippen LogP contribution is -2.35. The van der Waals surface area contributed by atoms with Crippen molar-refractivity contribution in [2.24, 2.45) is 23.2 Å². The number of aryl methyl sites for hydroxylation is 2. The summed E-state index contributed by atoms with van der Waals surface area (Å²) in [5.41, 5.74) is 4.85. The summed E-state index contributed by atoms with van der Waals surface area (Å²) in [5.74, 6) is 9.05. The Hall–Kier alpha value is -3.78. The van der Waals surface area contributed by atoms with Gasteiger partial charge in [0.25, 0.3) is 0 Å². The van der Waals surface area contributed by atoms with E-state index in [9.17, 15) is 9.59 Å². The highest BCUT2D eigenvalue weighted by Gasteiger charge is 2.41. The monoisotopic (exact) mass is 578 g/mol. The number of allylic oxidation sites excluding steroid dienone is 1. The third-order valence-corrected chi connectivity index (χ3v) is 9.50. The predicted molar refractivity (Wildman–Crippen MR) is 167 cm³/mol. The number of fused-ring (bicyclic) bond motifs is 3. The van der Waals surface area contributed by atoms with Gasteiger partial charge in [-0.25, -0.2) is 4.79 Å². The zero-order valence-electron chi connectivity index (χ0n) is 25.6. The zero-order valence-corrected chi connectivity index (χ0v) is 25.6. The zero-order chi connectivity index (χ0) is 30.0. The summed E-state index contributed by atoms with van der Waals surface area (Å²) in [6, 6.07) is 16.0. The second-order valence-electron chi connectivity index (χ2n) is 13.7. The van der Waals surface area contributed by atoms with Gasteiger partial charge in [0.2, 0.25) is 0 Å². The minimum Gasteiger partial charge on any atom is -0.462 e. The van der Waals surface area contributed by atoms with Gasteiger partial charge in [-0.05, 0) is 105 Å². The van der Waals surface area contributed by atoms with Crippen LogP contribution in [0.1, 0.15) is 87.7 Å². The maximum Gasteiger partial charge on any atom is 0.334 e. The van der Waals surface area contributed by atoms with E-state index in [1.807, 2.05) is 36.4 Å². The molecule has 3 aromatic rings. The molecule has 2 aliphatic carbocycles. The lowest BCUT2D eigenvalue weighted by Gasteiger charge is -2.47. The van der Waals surface area contributed by atoms with Gasteiger partial charge in [0, 0.05) is 34.9 Å². The van der Waals surface area contributed by atoms with Crippen molar-refractivity contribution < 1.29 is 23.5 Å². The lowest BCUT2D eigenvalue weighted by atomic mass is 9.58. The molecule has 2 aromatic carbocycles. The summed E-state index contributed by atoms with van der Waals surface area (Å²) in [6.07, 6.45) is 10.3. The fourth-order valence-corrected chi connectivity index (χ4v) is 7.67. The Bertz CT molecular complexity index is 1560. The number of hydrogen-bond acceptors (Lipinski definition) is 5. The first-order chi connectivity index (χ1) is 20.7. The lowest BCUT2D eigenvalue weighted by molar-refractivity contribution is -0.152. The van der Waals surface area contributed by atoms with E-state index in [2.05, 4.69) is 50.8 Å². The minimum absolute atomic E-state index is 0.0877. The van der Waals surface area contributed by atoms with Crippen molar-refractivity contribution >= 4 is 22.9 Å². The van der Waals surface area contributed by atoms with E-state index in [1.54, 1.807) is 0 Å². The molecule has 0 amide bonds. The van der Waals surface area contributed by atoms with E-state index in [1.165, 1.54) is 37.7 Å². The van der Waals surface area contributed by atoms with E-state index in [0.717, 1.165) is 57.6 Å². The Labute approximate surface area is 255 Å². The van der Waals surface area contributed by atoms with Crippen LogP contribution in [0.3, 0.4) is 0 Å². The van der Waals surface area contributed by atoms with E-state index in [-0.39, 0.29) is 30.4 Å². The number of furan rings is 1. The van der Waals surface area contributed by atoms with Gasteiger partial charge in [-0.2, -0.15) is 0 Å². The first-order valence-corrected chi connectivity index (χ1v) is 15.9. The van der Waals surface area contributed by atoms with Gasteiger partial charge >= 0.3 is 11.9 Å². The van der Waals surface area contributed by atoms with Gasteiger partial charge in [-0.15, -0.1) is 0 Å². The standard InChI is InChI=1S/C38H42O5/c1-25-4-6-27(7-5-25)8-9-28-10-12-35-32(19-28)21-33(42-35)11-13-36(39)41-24-34-20-31(37(40)43-34)14-15-38(3)22-29-16-26(2)17-30(18-29)23-38/h4-7,10,12,14,19,21,26,29-30,34H,11,13,15-18,20,22-24H2,1-3H3/b31-14+. The Morgan fingerprint density at radius 1 is 1.02 bits per heavy atom. The quantitative estimate of drug-likeness (QED) is 0.161. The Morgan fingerprint density at radius 2 is 1.74 bits per heavy atom. The van der Waals surface area contributed by atoms with E-state index >= 15 is 0 Å². The van der Waals surface area contributed by atoms with Crippen molar-refractivity contribution in [2.75, 3.05) is 6.61 Å². The highest BCUT2D eigenvalue weighted by molar-refractivity contribution is 5.90. The molecule has 0 spiro atoms. The normalized spacial score (nSPS) is 27.5. The van der Waals surface area contributed by atoms with Crippen LogP contribution in [-0.2, 0) is 25.5 Å². The maximum absolute atomic E-state index is 12.5. The Morgan fingerprint density at radius 3 is 2.51 bits per heavy atom. The van der Waals surface area contributed by atoms with Gasteiger partial charge in [0.15, 0.2) is 0 Å². The van der Waals surface area contributed by atoms with E-state index in [4.69, 9.17) is 13.9 Å². The molecule has 43 heavy (non-hydrogen) atoms. The minimum atomic E-state index is -0.410. The summed E-state index contributed by atoms with van der Waals surface area (Å²) < 4.78 is 17.0. The van der Waals surface area contributed by atoms with Gasteiger partial charge in [-0.3, -0.25) is 4.79 Å². The number of hydrogen-bond donors (Lipinski definition) is 0. The largest absolute Gasteiger partial charge is 0.462 e. The predicted octanol–water partition coefficient (Wildman–Crippen LogP) is 8.10. The van der Waals surface area contributed by atoms with Crippen molar-refractivity contribution in [1.82, 2.24) is 0 Å². The molecule has 6 rings (SSSR count). The van der Waals surface area contributed by atoms with Crippen LogP contribution in [-0.4, -0.2) is 24.6 Å². The summed E-state index contributed by atoms with van der Waals surface area (Å²) >= 11 is 0.